The zero-order valence-electron chi connectivity index (χ0n) is 13.3. The first kappa shape index (κ1) is 16.4. The highest BCUT2D eigenvalue weighted by molar-refractivity contribution is 5.89. The first-order valence-corrected chi connectivity index (χ1v) is 7.96. The Morgan fingerprint density at radius 3 is 2.62 bits per heavy atom. The summed E-state index contributed by atoms with van der Waals surface area (Å²) in [7, 11) is 0. The lowest BCUT2D eigenvalue weighted by Gasteiger charge is -2.25. The third kappa shape index (κ3) is 3.72. The Balaban J connectivity index is 1.64. The van der Waals surface area contributed by atoms with Crippen LogP contribution in [0.15, 0.2) is 42.5 Å². The molecule has 6 heteroatoms. The molecule has 0 aliphatic carbocycles. The first-order valence-electron chi connectivity index (χ1n) is 7.96. The van der Waals surface area contributed by atoms with Crippen LogP contribution in [0.25, 0.3) is 10.8 Å². The fourth-order valence-corrected chi connectivity index (χ4v) is 2.76. The number of benzene rings is 2. The second-order valence-corrected chi connectivity index (χ2v) is 5.74. The molecule has 1 amide bonds. The summed E-state index contributed by atoms with van der Waals surface area (Å²) >= 11 is 0. The Morgan fingerprint density at radius 1 is 1.12 bits per heavy atom. The van der Waals surface area contributed by atoms with E-state index in [1.165, 1.54) is 4.90 Å². The molecule has 0 spiro atoms. The van der Waals surface area contributed by atoms with E-state index in [-0.39, 0.29) is 0 Å². The molecule has 0 unspecified atom stereocenters. The van der Waals surface area contributed by atoms with Gasteiger partial charge in [-0.15, -0.1) is 0 Å². The molecule has 126 valence electrons. The topological polar surface area (TPSA) is 81.9 Å². The molecule has 6 nitrogen and oxygen atoms in total. The highest BCUT2D eigenvalue weighted by Gasteiger charge is 2.24. The van der Waals surface area contributed by atoms with E-state index in [0.717, 1.165) is 16.3 Å². The standard InChI is InChI=1S/C18H20N2O4/c19-16(17(21)24-18(22)20-8-10-23-11-9-20)12-14-6-3-5-13-4-1-2-7-15(13)14/h1-7,16H,8-12,19H2/t16-/m0/s1. The van der Waals surface area contributed by atoms with Crippen LogP contribution in [0.4, 0.5) is 4.79 Å². The Morgan fingerprint density at radius 2 is 1.83 bits per heavy atom. The third-order valence-corrected chi connectivity index (χ3v) is 4.08. The van der Waals surface area contributed by atoms with Crippen LogP contribution in [0, 0.1) is 0 Å². The van der Waals surface area contributed by atoms with Crippen LogP contribution in [-0.2, 0) is 20.7 Å². The quantitative estimate of drug-likeness (QED) is 0.685. The van der Waals surface area contributed by atoms with E-state index in [2.05, 4.69) is 0 Å². The average Bonchev–Trinajstić information content (AvgIpc) is 2.62. The number of amides is 1. The van der Waals surface area contributed by atoms with E-state index in [1.54, 1.807) is 0 Å². The second kappa shape index (κ2) is 7.42. The van der Waals surface area contributed by atoms with Gasteiger partial charge in [0.2, 0.25) is 0 Å². The highest BCUT2D eigenvalue weighted by atomic mass is 16.6. The summed E-state index contributed by atoms with van der Waals surface area (Å²) in [5.41, 5.74) is 6.90. The number of carbonyl (C=O) groups is 2. The van der Waals surface area contributed by atoms with Crippen molar-refractivity contribution in [1.82, 2.24) is 4.90 Å². The van der Waals surface area contributed by atoms with Crippen molar-refractivity contribution >= 4 is 22.8 Å². The summed E-state index contributed by atoms with van der Waals surface area (Å²) in [5.74, 6) is -0.709. The van der Waals surface area contributed by atoms with Gasteiger partial charge in [0.1, 0.15) is 6.04 Å². The molecule has 1 aliphatic rings. The van der Waals surface area contributed by atoms with Crippen LogP contribution in [0.3, 0.4) is 0 Å². The van der Waals surface area contributed by atoms with Crippen LogP contribution in [-0.4, -0.2) is 49.3 Å². The largest absolute Gasteiger partial charge is 0.417 e. The van der Waals surface area contributed by atoms with E-state index in [1.807, 2.05) is 42.5 Å². The molecule has 0 radical (unpaired) electrons. The predicted octanol–water partition coefficient (Wildman–Crippen LogP) is 1.70. The number of rotatable bonds is 3. The minimum atomic E-state index is -0.888. The van der Waals surface area contributed by atoms with Crippen LogP contribution in [0.1, 0.15) is 5.56 Å². The normalized spacial score (nSPS) is 16.0. The van der Waals surface area contributed by atoms with Crippen LogP contribution in [0.5, 0.6) is 0 Å². The Bertz CT molecular complexity index is 735. The second-order valence-electron chi connectivity index (χ2n) is 5.74. The monoisotopic (exact) mass is 328 g/mol. The molecule has 1 fully saturated rings. The minimum absolute atomic E-state index is 0.316. The van der Waals surface area contributed by atoms with Crippen molar-refractivity contribution < 1.29 is 19.1 Å². The third-order valence-electron chi connectivity index (χ3n) is 4.08. The highest BCUT2D eigenvalue weighted by Crippen LogP contribution is 2.19. The average molecular weight is 328 g/mol. The van der Waals surface area contributed by atoms with Gasteiger partial charge in [0.25, 0.3) is 0 Å². The number of carbonyl (C=O) groups excluding carboxylic acids is 2. The molecule has 0 aromatic heterocycles. The fraction of sp³-hybridized carbons (Fsp3) is 0.333. The molecule has 2 aromatic rings. The molecule has 1 atom stereocenters. The van der Waals surface area contributed by atoms with Crippen molar-refractivity contribution in [2.75, 3.05) is 26.3 Å². The van der Waals surface area contributed by atoms with Gasteiger partial charge in [-0.05, 0) is 22.8 Å². The number of ether oxygens (including phenoxy) is 2. The summed E-state index contributed by atoms with van der Waals surface area (Å²) in [4.78, 5) is 25.5. The molecule has 1 aliphatic heterocycles. The maximum Gasteiger partial charge on any atom is 0.417 e. The maximum absolute atomic E-state index is 12.1. The SMILES string of the molecule is N[C@@H](Cc1cccc2ccccc12)C(=O)OC(=O)N1CCOCC1. The van der Waals surface area contributed by atoms with E-state index < -0.39 is 18.1 Å². The van der Waals surface area contributed by atoms with Crippen molar-refractivity contribution in [3.8, 4) is 0 Å². The van der Waals surface area contributed by atoms with E-state index in [9.17, 15) is 9.59 Å². The molecular weight excluding hydrogens is 308 g/mol. The number of hydrogen-bond acceptors (Lipinski definition) is 5. The zero-order chi connectivity index (χ0) is 16.9. The molecule has 3 rings (SSSR count). The van der Waals surface area contributed by atoms with Gasteiger partial charge >= 0.3 is 12.1 Å². The van der Waals surface area contributed by atoms with Gasteiger partial charge in [0, 0.05) is 13.1 Å². The summed E-state index contributed by atoms with van der Waals surface area (Å²) < 4.78 is 10.1. The summed E-state index contributed by atoms with van der Waals surface area (Å²) in [5, 5.41) is 2.13. The van der Waals surface area contributed by atoms with Crippen LogP contribution >= 0.6 is 0 Å². The number of hydrogen-bond donors (Lipinski definition) is 1. The lowest BCUT2D eigenvalue weighted by atomic mass is 9.99. The van der Waals surface area contributed by atoms with Gasteiger partial charge in [0.05, 0.1) is 13.2 Å². The van der Waals surface area contributed by atoms with Crippen molar-refractivity contribution in [2.24, 2.45) is 5.73 Å². The zero-order valence-corrected chi connectivity index (χ0v) is 13.3. The van der Waals surface area contributed by atoms with Gasteiger partial charge in [0.15, 0.2) is 0 Å². The molecule has 2 N–H and O–H groups in total. The van der Waals surface area contributed by atoms with Crippen LogP contribution in [0.2, 0.25) is 0 Å². The van der Waals surface area contributed by atoms with Gasteiger partial charge in [-0.1, -0.05) is 42.5 Å². The van der Waals surface area contributed by atoms with E-state index in [4.69, 9.17) is 15.2 Å². The first-order chi connectivity index (χ1) is 11.6. The number of nitrogens with zero attached hydrogens (tertiary/aromatic N) is 1. The lowest BCUT2D eigenvalue weighted by Crippen LogP contribution is -2.44. The Hall–Kier alpha value is -2.44. The molecule has 1 saturated heterocycles. The van der Waals surface area contributed by atoms with Crippen molar-refractivity contribution in [2.45, 2.75) is 12.5 Å². The molecule has 0 bridgehead atoms. The summed E-state index contributed by atoms with van der Waals surface area (Å²) in [6.07, 6.45) is -0.340. The smallest absolute Gasteiger partial charge is 0.378 e. The predicted molar refractivity (Wildman–Crippen MR) is 89.5 cm³/mol. The molecule has 1 heterocycles. The number of esters is 1. The van der Waals surface area contributed by atoms with Crippen molar-refractivity contribution in [3.05, 3.63) is 48.0 Å². The van der Waals surface area contributed by atoms with E-state index in [0.29, 0.717) is 32.7 Å². The molecular formula is C18H20N2O4. The van der Waals surface area contributed by atoms with Gasteiger partial charge in [-0.25, -0.2) is 9.59 Å². The van der Waals surface area contributed by atoms with Crippen LogP contribution < -0.4 is 5.73 Å². The Kier molecular flexibility index (Phi) is 5.08. The van der Waals surface area contributed by atoms with Crippen molar-refractivity contribution in [3.63, 3.8) is 0 Å². The molecule has 24 heavy (non-hydrogen) atoms. The van der Waals surface area contributed by atoms with E-state index >= 15 is 0 Å². The molecule has 0 saturated carbocycles. The number of morpholine rings is 1. The van der Waals surface area contributed by atoms with Gasteiger partial charge < -0.3 is 20.1 Å². The molecule has 2 aromatic carbocycles. The maximum atomic E-state index is 12.1. The summed E-state index contributed by atoms with van der Waals surface area (Å²) in [6.45, 7) is 1.74. The fourth-order valence-electron chi connectivity index (χ4n) is 2.76. The van der Waals surface area contributed by atoms with Gasteiger partial charge in [-0.3, -0.25) is 0 Å². The summed E-state index contributed by atoms with van der Waals surface area (Å²) in [6, 6.07) is 12.9. The number of nitrogens with two attached hydrogens (primary N) is 1. The van der Waals surface area contributed by atoms with Gasteiger partial charge in [-0.2, -0.15) is 0 Å². The minimum Gasteiger partial charge on any atom is -0.378 e. The van der Waals surface area contributed by atoms with Crippen molar-refractivity contribution in [1.29, 1.82) is 0 Å². The Labute approximate surface area is 140 Å². The number of fused-ring (bicyclic) bond motifs is 1. The lowest BCUT2D eigenvalue weighted by molar-refractivity contribution is -0.140.